The van der Waals surface area contributed by atoms with Gasteiger partial charge in [0, 0.05) is 23.7 Å². The van der Waals surface area contributed by atoms with Crippen LogP contribution in [0, 0.1) is 0 Å². The Morgan fingerprint density at radius 1 is 1.24 bits per heavy atom. The molecule has 0 radical (unpaired) electrons. The average Bonchev–Trinajstić information content (AvgIpc) is 2.67. The van der Waals surface area contributed by atoms with Crippen molar-refractivity contribution >= 4 is 23.5 Å². The smallest absolute Gasteiger partial charge is 0.390 e. The topological polar surface area (TPSA) is 91.8 Å². The summed E-state index contributed by atoms with van der Waals surface area (Å²) in [5.41, 5.74) is 5.27. The van der Waals surface area contributed by atoms with Gasteiger partial charge in [-0.25, -0.2) is 4.99 Å². The summed E-state index contributed by atoms with van der Waals surface area (Å²) in [5, 5.41) is 10.4. The number of carbonyl (C=O) groups is 1. The number of aliphatic imine (C=N–C) groups is 1. The van der Waals surface area contributed by atoms with Gasteiger partial charge in [-0.3, -0.25) is 14.7 Å². The fourth-order valence-electron chi connectivity index (χ4n) is 4.59. The van der Waals surface area contributed by atoms with Crippen LogP contribution in [-0.2, 0) is 22.9 Å². The first kappa shape index (κ1) is 23.5. The monoisotopic (exact) mass is 480 g/mol. The molecule has 2 heterocycles. The van der Waals surface area contributed by atoms with Crippen molar-refractivity contribution in [2.75, 3.05) is 0 Å². The number of nitrogens with two attached hydrogens (primary N) is 1. The van der Waals surface area contributed by atoms with Gasteiger partial charge in [0.2, 0.25) is 5.91 Å². The molecule has 1 aliphatic carbocycles. The van der Waals surface area contributed by atoms with Gasteiger partial charge in [-0.1, -0.05) is 35.9 Å². The van der Waals surface area contributed by atoms with Crippen LogP contribution in [0.5, 0.6) is 0 Å². The third-order valence-electron chi connectivity index (χ3n) is 6.26. The van der Waals surface area contributed by atoms with Gasteiger partial charge in [0.25, 0.3) is 0 Å². The molecule has 1 amide bonds. The third-order valence-corrected chi connectivity index (χ3v) is 6.70. The maximum atomic E-state index is 13.0. The van der Waals surface area contributed by atoms with Crippen molar-refractivity contribution in [2.45, 2.75) is 62.9 Å². The molecule has 176 valence electrons. The van der Waals surface area contributed by atoms with Gasteiger partial charge in [0.1, 0.15) is 5.69 Å². The van der Waals surface area contributed by atoms with Crippen LogP contribution in [-0.4, -0.2) is 38.5 Å². The molecule has 1 atom stereocenters. The first-order chi connectivity index (χ1) is 15.3. The maximum absolute atomic E-state index is 13.0. The normalized spacial score (nSPS) is 27.8. The van der Waals surface area contributed by atoms with Crippen LogP contribution >= 0.6 is 11.6 Å². The minimum atomic E-state index is -4.50. The van der Waals surface area contributed by atoms with Gasteiger partial charge in [-0.15, -0.1) is 0 Å². The van der Waals surface area contributed by atoms with E-state index in [1.165, 1.54) is 17.2 Å². The molecule has 0 spiro atoms. The van der Waals surface area contributed by atoms with E-state index >= 15 is 0 Å². The van der Waals surface area contributed by atoms with E-state index in [2.05, 4.69) is 9.98 Å². The van der Waals surface area contributed by atoms with E-state index in [1.807, 2.05) is 0 Å². The summed E-state index contributed by atoms with van der Waals surface area (Å²) in [6.45, 7) is 3.49. The molecule has 0 bridgehead atoms. The molecule has 2 aliphatic rings. The number of amides is 1. The van der Waals surface area contributed by atoms with Crippen LogP contribution in [0.15, 0.2) is 41.5 Å². The summed E-state index contributed by atoms with van der Waals surface area (Å²) >= 11 is 6.69. The molecule has 1 saturated carbocycles. The Bertz CT molecular complexity index is 1110. The van der Waals surface area contributed by atoms with Gasteiger partial charge in [-0.05, 0) is 49.4 Å². The van der Waals surface area contributed by atoms with Crippen LogP contribution in [0.3, 0.4) is 0 Å². The molecule has 0 saturated heterocycles. The van der Waals surface area contributed by atoms with Gasteiger partial charge >= 0.3 is 6.18 Å². The predicted molar refractivity (Wildman–Crippen MR) is 118 cm³/mol. The highest BCUT2D eigenvalue weighted by molar-refractivity contribution is 6.32. The van der Waals surface area contributed by atoms with Crippen molar-refractivity contribution in [3.05, 3.63) is 63.9 Å². The number of aliphatic hydroxyl groups is 1. The molecule has 33 heavy (non-hydrogen) atoms. The quantitative estimate of drug-likeness (QED) is 0.691. The van der Waals surface area contributed by atoms with Crippen LogP contribution in [0.1, 0.15) is 55.5 Å². The molecule has 1 fully saturated rings. The Morgan fingerprint density at radius 2 is 1.94 bits per heavy atom. The average molecular weight is 481 g/mol. The molecule has 3 N–H and O–H groups in total. The fraction of sp³-hybridized carbons (Fsp3) is 0.435. The second kappa shape index (κ2) is 7.99. The van der Waals surface area contributed by atoms with E-state index in [0.717, 1.165) is 6.07 Å². The minimum Gasteiger partial charge on any atom is -0.390 e. The van der Waals surface area contributed by atoms with E-state index in [0.29, 0.717) is 34.6 Å². The van der Waals surface area contributed by atoms with Crippen LogP contribution in [0.25, 0.3) is 0 Å². The fourth-order valence-corrected chi connectivity index (χ4v) is 4.98. The molecule has 0 unspecified atom stereocenters. The Balaban J connectivity index is 1.59. The lowest BCUT2D eigenvalue weighted by Crippen LogP contribution is -2.61. The van der Waals surface area contributed by atoms with Gasteiger partial charge in [0.15, 0.2) is 5.96 Å². The van der Waals surface area contributed by atoms with Gasteiger partial charge in [0.05, 0.1) is 17.6 Å². The Labute approximate surface area is 194 Å². The van der Waals surface area contributed by atoms with E-state index in [1.54, 1.807) is 32.0 Å². The van der Waals surface area contributed by atoms with Crippen molar-refractivity contribution in [3.8, 4) is 0 Å². The van der Waals surface area contributed by atoms with E-state index in [-0.39, 0.29) is 30.8 Å². The standard InChI is InChI=1S/C23H24ClF3N4O2/c1-21(33)9-15(10-21)31-18(32)11-22(2,30-20(31)28)16-5-3-4-14(19(16)24)8-13-6-7-17(29-12-13)23(25,26)27/h3-7,12,15,33H,8-11H2,1-2H3,(H2,28,30)/t15?,21?,22-/m0/s1. The lowest BCUT2D eigenvalue weighted by molar-refractivity contribution is -0.141. The number of rotatable bonds is 4. The second-order valence-corrected chi connectivity index (χ2v) is 9.63. The van der Waals surface area contributed by atoms with Crippen LogP contribution < -0.4 is 5.73 Å². The summed E-state index contributed by atoms with van der Waals surface area (Å²) < 4.78 is 38.3. The lowest BCUT2D eigenvalue weighted by atomic mass is 9.75. The molecular formula is C23H24ClF3N4O2. The number of benzene rings is 1. The summed E-state index contributed by atoms with van der Waals surface area (Å²) in [4.78, 5) is 22.5. The number of nitrogens with zero attached hydrogens (tertiary/aromatic N) is 3. The van der Waals surface area contributed by atoms with E-state index in [4.69, 9.17) is 17.3 Å². The van der Waals surface area contributed by atoms with Crippen molar-refractivity contribution in [3.63, 3.8) is 0 Å². The zero-order valence-electron chi connectivity index (χ0n) is 18.2. The first-order valence-electron chi connectivity index (χ1n) is 10.5. The number of hydrogen-bond donors (Lipinski definition) is 2. The maximum Gasteiger partial charge on any atom is 0.433 e. The number of hydrogen-bond acceptors (Lipinski definition) is 5. The largest absolute Gasteiger partial charge is 0.433 e. The third kappa shape index (κ3) is 4.56. The molecule has 2 aromatic rings. The van der Waals surface area contributed by atoms with Crippen molar-refractivity contribution in [1.29, 1.82) is 0 Å². The number of carbonyl (C=O) groups excluding carboxylic acids is 1. The van der Waals surface area contributed by atoms with Gasteiger partial charge < -0.3 is 10.8 Å². The highest BCUT2D eigenvalue weighted by Crippen LogP contribution is 2.42. The van der Waals surface area contributed by atoms with Crippen LogP contribution in [0.4, 0.5) is 13.2 Å². The predicted octanol–water partition coefficient (Wildman–Crippen LogP) is 4.02. The molecule has 6 nitrogen and oxygen atoms in total. The minimum absolute atomic E-state index is 0.0529. The van der Waals surface area contributed by atoms with Crippen LogP contribution in [0.2, 0.25) is 5.02 Å². The van der Waals surface area contributed by atoms with Crippen molar-refractivity contribution in [1.82, 2.24) is 9.88 Å². The highest BCUT2D eigenvalue weighted by atomic mass is 35.5. The molecule has 4 rings (SSSR count). The SMILES string of the molecule is CC1(O)CC(N2C(=O)C[C@@](C)(c3cccc(Cc4ccc(C(F)(F)F)nc4)c3Cl)N=C2N)C1. The molecule has 10 heteroatoms. The zero-order valence-corrected chi connectivity index (χ0v) is 18.9. The highest BCUT2D eigenvalue weighted by Gasteiger charge is 2.48. The molecular weight excluding hydrogens is 457 g/mol. The summed E-state index contributed by atoms with van der Waals surface area (Å²) in [6.07, 6.45) is -2.13. The Morgan fingerprint density at radius 3 is 2.48 bits per heavy atom. The summed E-state index contributed by atoms with van der Waals surface area (Å²) in [7, 11) is 0. The molecule has 1 aromatic carbocycles. The number of halogens is 4. The zero-order chi connectivity index (χ0) is 24.2. The number of guanidine groups is 1. The number of pyridine rings is 1. The van der Waals surface area contributed by atoms with Gasteiger partial charge in [-0.2, -0.15) is 13.2 Å². The summed E-state index contributed by atoms with van der Waals surface area (Å²) in [5.74, 6) is -0.110. The number of aromatic nitrogens is 1. The Kier molecular flexibility index (Phi) is 5.69. The molecule has 1 aromatic heterocycles. The van der Waals surface area contributed by atoms with E-state index < -0.39 is 23.0 Å². The lowest BCUT2D eigenvalue weighted by Gasteiger charge is -2.48. The van der Waals surface area contributed by atoms with E-state index in [9.17, 15) is 23.1 Å². The second-order valence-electron chi connectivity index (χ2n) is 9.25. The van der Waals surface area contributed by atoms with Crippen molar-refractivity contribution < 1.29 is 23.1 Å². The number of alkyl halides is 3. The first-order valence-corrected chi connectivity index (χ1v) is 10.9. The summed E-state index contributed by atoms with van der Waals surface area (Å²) in [6, 6.07) is 7.43. The Hall–Kier alpha value is -2.65. The molecule has 1 aliphatic heterocycles. The van der Waals surface area contributed by atoms with Crippen molar-refractivity contribution in [2.24, 2.45) is 10.7 Å².